The van der Waals surface area contributed by atoms with Crippen molar-refractivity contribution in [1.29, 1.82) is 0 Å². The maximum Gasteiger partial charge on any atom is 0.243 e. The molecule has 1 aliphatic rings. The van der Waals surface area contributed by atoms with Gasteiger partial charge in [0.05, 0.1) is 10.8 Å². The Morgan fingerprint density at radius 2 is 2.10 bits per heavy atom. The van der Waals surface area contributed by atoms with Crippen molar-refractivity contribution in [3.8, 4) is 5.75 Å². The molecule has 0 aliphatic carbocycles. The summed E-state index contributed by atoms with van der Waals surface area (Å²) >= 11 is 7.33. The van der Waals surface area contributed by atoms with Crippen LogP contribution < -0.4 is 4.74 Å². The summed E-state index contributed by atoms with van der Waals surface area (Å²) in [6.45, 7) is 0.410. The Hall–Kier alpha value is -0.430. The van der Waals surface area contributed by atoms with Gasteiger partial charge in [-0.05, 0) is 36.4 Å². The standard InChI is InChI=1S/C13H18ClNO3S2/c1-15(11-6-9-19-10-11)20(16,17)13-4-2-12(3-5-13)18-8-7-14/h2-5,11H,6-10H2,1H3. The fraction of sp³-hybridized carbons (Fsp3) is 0.538. The van der Waals surface area contributed by atoms with E-state index in [1.165, 1.54) is 4.31 Å². The van der Waals surface area contributed by atoms with Crippen LogP contribution in [0, 0.1) is 0 Å². The van der Waals surface area contributed by atoms with E-state index < -0.39 is 10.0 Å². The van der Waals surface area contributed by atoms with Crippen molar-refractivity contribution in [3.05, 3.63) is 24.3 Å². The molecule has 1 aliphatic heterocycles. The predicted molar refractivity (Wildman–Crippen MR) is 83.3 cm³/mol. The first-order chi connectivity index (χ1) is 9.55. The molecule has 7 heteroatoms. The minimum atomic E-state index is -3.42. The molecule has 112 valence electrons. The monoisotopic (exact) mass is 335 g/mol. The Morgan fingerprint density at radius 1 is 1.40 bits per heavy atom. The molecule has 20 heavy (non-hydrogen) atoms. The second-order valence-corrected chi connectivity index (χ2v) is 8.07. The van der Waals surface area contributed by atoms with Crippen LogP contribution in [-0.2, 0) is 10.0 Å². The Bertz CT molecular complexity index is 527. The lowest BCUT2D eigenvalue weighted by molar-refractivity contribution is 0.342. The predicted octanol–water partition coefficient (Wildman–Crippen LogP) is 2.43. The van der Waals surface area contributed by atoms with Crippen molar-refractivity contribution in [2.75, 3.05) is 31.0 Å². The molecule has 1 heterocycles. The van der Waals surface area contributed by atoms with Crippen LogP contribution >= 0.6 is 23.4 Å². The summed E-state index contributed by atoms with van der Waals surface area (Å²) in [6.07, 6.45) is 0.914. The summed E-state index contributed by atoms with van der Waals surface area (Å²) in [5.74, 6) is 2.92. The van der Waals surface area contributed by atoms with Gasteiger partial charge in [0, 0.05) is 18.8 Å². The third-order valence-electron chi connectivity index (χ3n) is 3.27. The van der Waals surface area contributed by atoms with E-state index in [0.29, 0.717) is 23.1 Å². The zero-order valence-corrected chi connectivity index (χ0v) is 13.7. The van der Waals surface area contributed by atoms with Crippen LogP contribution in [-0.4, -0.2) is 49.8 Å². The van der Waals surface area contributed by atoms with Gasteiger partial charge in [0.15, 0.2) is 0 Å². The number of hydrogen-bond acceptors (Lipinski definition) is 4. The lowest BCUT2D eigenvalue weighted by atomic mass is 10.3. The van der Waals surface area contributed by atoms with Gasteiger partial charge in [-0.25, -0.2) is 8.42 Å². The number of thioether (sulfide) groups is 1. The molecular weight excluding hydrogens is 318 g/mol. The summed E-state index contributed by atoms with van der Waals surface area (Å²) < 4.78 is 31.8. The van der Waals surface area contributed by atoms with E-state index in [9.17, 15) is 8.42 Å². The Kier molecular flexibility index (Phi) is 5.60. The van der Waals surface area contributed by atoms with E-state index in [-0.39, 0.29) is 6.04 Å². The lowest BCUT2D eigenvalue weighted by Crippen LogP contribution is -2.36. The van der Waals surface area contributed by atoms with Crippen LogP contribution in [0.2, 0.25) is 0 Å². The molecule has 1 fully saturated rings. The molecule has 1 aromatic carbocycles. The molecule has 0 aromatic heterocycles. The van der Waals surface area contributed by atoms with Gasteiger partial charge >= 0.3 is 0 Å². The average molecular weight is 336 g/mol. The van der Waals surface area contributed by atoms with E-state index in [0.717, 1.165) is 17.9 Å². The number of hydrogen-bond donors (Lipinski definition) is 0. The van der Waals surface area contributed by atoms with Crippen molar-refractivity contribution in [3.63, 3.8) is 0 Å². The van der Waals surface area contributed by atoms with Gasteiger partial charge in [0.2, 0.25) is 10.0 Å². The number of sulfonamides is 1. The maximum absolute atomic E-state index is 12.5. The third kappa shape index (κ3) is 3.61. The summed E-state index contributed by atoms with van der Waals surface area (Å²) in [4.78, 5) is 0.301. The first kappa shape index (κ1) is 15.9. The molecule has 0 radical (unpaired) electrons. The molecule has 0 bridgehead atoms. The Balaban J connectivity index is 2.12. The fourth-order valence-corrected chi connectivity index (χ4v) is 4.86. The second-order valence-electron chi connectivity index (χ2n) is 4.55. The lowest BCUT2D eigenvalue weighted by Gasteiger charge is -2.23. The van der Waals surface area contributed by atoms with Gasteiger partial charge in [-0.15, -0.1) is 11.6 Å². The van der Waals surface area contributed by atoms with Crippen LogP contribution in [0.1, 0.15) is 6.42 Å². The Morgan fingerprint density at radius 3 is 2.65 bits per heavy atom. The van der Waals surface area contributed by atoms with Crippen molar-refractivity contribution in [2.45, 2.75) is 17.4 Å². The van der Waals surface area contributed by atoms with Gasteiger partial charge in [0.25, 0.3) is 0 Å². The van der Waals surface area contributed by atoms with E-state index in [1.807, 2.05) is 0 Å². The van der Waals surface area contributed by atoms with Crippen LogP contribution in [0.5, 0.6) is 5.75 Å². The number of rotatable bonds is 6. The molecule has 0 N–H and O–H groups in total. The fourth-order valence-electron chi connectivity index (χ4n) is 2.04. The molecule has 1 aromatic rings. The zero-order chi connectivity index (χ0) is 14.6. The normalized spacial score (nSPS) is 19.4. The molecular formula is C13H18ClNO3S2. The van der Waals surface area contributed by atoms with Crippen molar-refractivity contribution in [2.24, 2.45) is 0 Å². The van der Waals surface area contributed by atoms with Gasteiger partial charge < -0.3 is 4.74 Å². The topological polar surface area (TPSA) is 46.6 Å². The number of alkyl halides is 1. The maximum atomic E-state index is 12.5. The average Bonchev–Trinajstić information content (AvgIpc) is 2.98. The SMILES string of the molecule is CN(C1CCSC1)S(=O)(=O)c1ccc(OCCCl)cc1. The highest BCUT2D eigenvalue weighted by Gasteiger charge is 2.30. The highest BCUT2D eigenvalue weighted by atomic mass is 35.5. The van der Waals surface area contributed by atoms with E-state index in [2.05, 4.69) is 0 Å². The first-order valence-corrected chi connectivity index (χ1v) is 9.53. The molecule has 1 unspecified atom stereocenters. The second kappa shape index (κ2) is 7.02. The first-order valence-electron chi connectivity index (χ1n) is 6.40. The molecule has 0 spiro atoms. The minimum absolute atomic E-state index is 0.0946. The third-order valence-corrected chi connectivity index (χ3v) is 6.49. The minimum Gasteiger partial charge on any atom is -0.492 e. The summed E-state index contributed by atoms with van der Waals surface area (Å²) in [6, 6.07) is 6.58. The van der Waals surface area contributed by atoms with Crippen molar-refractivity contribution >= 4 is 33.4 Å². The van der Waals surface area contributed by atoms with Crippen LogP contribution in [0.3, 0.4) is 0 Å². The molecule has 0 amide bonds. The number of nitrogens with zero attached hydrogens (tertiary/aromatic N) is 1. The molecule has 0 saturated carbocycles. The smallest absolute Gasteiger partial charge is 0.243 e. The van der Waals surface area contributed by atoms with Crippen LogP contribution in [0.15, 0.2) is 29.2 Å². The van der Waals surface area contributed by atoms with Gasteiger partial charge in [-0.1, -0.05) is 0 Å². The number of benzene rings is 1. The summed E-state index contributed by atoms with van der Waals surface area (Å²) in [7, 11) is -1.76. The van der Waals surface area contributed by atoms with Crippen molar-refractivity contribution < 1.29 is 13.2 Å². The van der Waals surface area contributed by atoms with Gasteiger partial charge in [-0.2, -0.15) is 16.1 Å². The number of ether oxygens (including phenoxy) is 1. The largest absolute Gasteiger partial charge is 0.492 e. The summed E-state index contributed by atoms with van der Waals surface area (Å²) in [5, 5.41) is 0. The summed E-state index contributed by atoms with van der Waals surface area (Å²) in [5.41, 5.74) is 0. The molecule has 1 atom stereocenters. The van der Waals surface area contributed by atoms with E-state index in [4.69, 9.17) is 16.3 Å². The van der Waals surface area contributed by atoms with Gasteiger partial charge in [-0.3, -0.25) is 0 Å². The van der Waals surface area contributed by atoms with Gasteiger partial charge in [0.1, 0.15) is 12.4 Å². The zero-order valence-electron chi connectivity index (χ0n) is 11.3. The molecule has 1 saturated heterocycles. The Labute approximate surface area is 129 Å². The highest BCUT2D eigenvalue weighted by molar-refractivity contribution is 7.99. The van der Waals surface area contributed by atoms with E-state index >= 15 is 0 Å². The van der Waals surface area contributed by atoms with Crippen molar-refractivity contribution in [1.82, 2.24) is 4.31 Å². The highest BCUT2D eigenvalue weighted by Crippen LogP contribution is 2.27. The van der Waals surface area contributed by atoms with E-state index in [1.54, 1.807) is 43.1 Å². The molecule has 4 nitrogen and oxygen atoms in total. The number of halogens is 1. The molecule has 2 rings (SSSR count). The van der Waals surface area contributed by atoms with Crippen LogP contribution in [0.25, 0.3) is 0 Å². The quantitative estimate of drug-likeness (QED) is 0.749. The van der Waals surface area contributed by atoms with Crippen LogP contribution in [0.4, 0.5) is 0 Å².